The van der Waals surface area contributed by atoms with E-state index in [4.69, 9.17) is 5.11 Å². The molecule has 0 bridgehead atoms. The van der Waals surface area contributed by atoms with Gasteiger partial charge in [-0.25, -0.2) is 0 Å². The van der Waals surface area contributed by atoms with Crippen LogP contribution < -0.4 is 5.32 Å². The molecule has 1 amide bonds. The van der Waals surface area contributed by atoms with Crippen LogP contribution in [-0.2, 0) is 9.59 Å². The van der Waals surface area contributed by atoms with E-state index in [1.165, 1.54) is 6.42 Å². The van der Waals surface area contributed by atoms with Gasteiger partial charge in [0.2, 0.25) is 5.91 Å². The molecule has 1 aliphatic rings. The van der Waals surface area contributed by atoms with Crippen LogP contribution in [0, 0.1) is 11.8 Å². The number of rotatable bonds is 5. The van der Waals surface area contributed by atoms with Crippen molar-refractivity contribution in [3.05, 3.63) is 0 Å². The molecule has 1 saturated carbocycles. The van der Waals surface area contributed by atoms with Gasteiger partial charge < -0.3 is 10.4 Å². The van der Waals surface area contributed by atoms with Crippen LogP contribution in [0.25, 0.3) is 0 Å². The Kier molecular flexibility index (Phi) is 3.92. The lowest BCUT2D eigenvalue weighted by Crippen LogP contribution is -2.33. The first-order chi connectivity index (χ1) is 6.59. The highest BCUT2D eigenvalue weighted by Gasteiger charge is 2.21. The number of carbonyl (C=O) groups excluding carboxylic acids is 1. The minimum atomic E-state index is -0.867. The molecular weight excluding hydrogens is 182 g/mol. The Bertz CT molecular complexity index is 223. The third-order valence-electron chi connectivity index (χ3n) is 2.73. The fraction of sp³-hybridized carbons (Fsp3) is 0.800. The van der Waals surface area contributed by atoms with Gasteiger partial charge in [0.05, 0.1) is 5.92 Å². The van der Waals surface area contributed by atoms with Gasteiger partial charge in [0.25, 0.3) is 0 Å². The lowest BCUT2D eigenvalue weighted by atomic mass is 9.83. The molecule has 4 heteroatoms. The third kappa shape index (κ3) is 3.36. The summed E-state index contributed by atoms with van der Waals surface area (Å²) in [4.78, 5) is 21.7. The molecule has 1 unspecified atom stereocenters. The Morgan fingerprint density at radius 3 is 2.57 bits per heavy atom. The smallest absolute Gasteiger partial charge is 0.308 e. The van der Waals surface area contributed by atoms with Gasteiger partial charge in [0, 0.05) is 13.0 Å². The van der Waals surface area contributed by atoms with Crippen LogP contribution in [0.2, 0.25) is 0 Å². The van der Waals surface area contributed by atoms with Gasteiger partial charge >= 0.3 is 5.97 Å². The van der Waals surface area contributed by atoms with Crippen molar-refractivity contribution in [3.8, 4) is 0 Å². The molecular formula is C10H17NO3. The van der Waals surface area contributed by atoms with Gasteiger partial charge in [-0.1, -0.05) is 13.3 Å². The average molecular weight is 199 g/mol. The highest BCUT2D eigenvalue weighted by Crippen LogP contribution is 2.28. The Hall–Kier alpha value is -1.06. The summed E-state index contributed by atoms with van der Waals surface area (Å²) >= 11 is 0. The van der Waals surface area contributed by atoms with Crippen molar-refractivity contribution in [2.45, 2.75) is 32.6 Å². The minimum absolute atomic E-state index is 0.0113. The average Bonchev–Trinajstić information content (AvgIpc) is 2.07. The molecule has 0 aromatic heterocycles. The number of carbonyl (C=O) groups is 2. The van der Waals surface area contributed by atoms with Crippen LogP contribution in [0.5, 0.6) is 0 Å². The van der Waals surface area contributed by atoms with E-state index in [1.807, 2.05) is 0 Å². The van der Waals surface area contributed by atoms with Crippen LogP contribution in [0.4, 0.5) is 0 Å². The number of hydrogen-bond acceptors (Lipinski definition) is 2. The monoisotopic (exact) mass is 199 g/mol. The molecule has 0 aromatic carbocycles. The number of aliphatic carboxylic acids is 1. The van der Waals surface area contributed by atoms with Gasteiger partial charge in [-0.15, -0.1) is 0 Å². The van der Waals surface area contributed by atoms with Crippen LogP contribution >= 0.6 is 0 Å². The molecule has 0 radical (unpaired) electrons. The summed E-state index contributed by atoms with van der Waals surface area (Å²) in [6, 6.07) is 0. The first-order valence-corrected chi connectivity index (χ1v) is 5.09. The van der Waals surface area contributed by atoms with Crippen LogP contribution in [-0.4, -0.2) is 23.5 Å². The first kappa shape index (κ1) is 11.0. The molecule has 0 heterocycles. The van der Waals surface area contributed by atoms with E-state index in [0.29, 0.717) is 12.3 Å². The molecule has 1 fully saturated rings. The van der Waals surface area contributed by atoms with Crippen LogP contribution in [0.3, 0.4) is 0 Å². The Balaban J connectivity index is 2.10. The largest absolute Gasteiger partial charge is 0.481 e. The highest BCUT2D eigenvalue weighted by atomic mass is 16.4. The SMILES string of the molecule is CC(CNC(=O)CC1CCC1)C(=O)O. The van der Waals surface area contributed by atoms with Crippen molar-refractivity contribution in [2.75, 3.05) is 6.54 Å². The second-order valence-electron chi connectivity index (χ2n) is 4.04. The van der Waals surface area contributed by atoms with E-state index in [2.05, 4.69) is 5.32 Å². The molecule has 4 nitrogen and oxygen atoms in total. The Morgan fingerprint density at radius 2 is 2.14 bits per heavy atom. The number of carboxylic acid groups (broad SMARTS) is 1. The van der Waals surface area contributed by atoms with E-state index < -0.39 is 11.9 Å². The second kappa shape index (κ2) is 4.98. The van der Waals surface area contributed by atoms with Crippen molar-refractivity contribution in [3.63, 3.8) is 0 Å². The van der Waals surface area contributed by atoms with Crippen molar-refractivity contribution in [2.24, 2.45) is 11.8 Å². The van der Waals surface area contributed by atoms with Crippen molar-refractivity contribution < 1.29 is 14.7 Å². The molecule has 1 rings (SSSR count). The summed E-state index contributed by atoms with van der Waals surface area (Å²) in [6.45, 7) is 1.83. The lowest BCUT2D eigenvalue weighted by molar-refractivity contribution is -0.141. The van der Waals surface area contributed by atoms with E-state index >= 15 is 0 Å². The molecule has 0 spiro atoms. The molecule has 1 aliphatic carbocycles. The molecule has 1 atom stereocenters. The summed E-state index contributed by atoms with van der Waals surface area (Å²) in [5.41, 5.74) is 0. The first-order valence-electron chi connectivity index (χ1n) is 5.09. The second-order valence-corrected chi connectivity index (χ2v) is 4.04. The lowest BCUT2D eigenvalue weighted by Gasteiger charge is -2.24. The Morgan fingerprint density at radius 1 is 1.50 bits per heavy atom. The maximum absolute atomic E-state index is 11.3. The van der Waals surface area contributed by atoms with Gasteiger partial charge in [-0.2, -0.15) is 0 Å². The van der Waals surface area contributed by atoms with Crippen molar-refractivity contribution >= 4 is 11.9 Å². The fourth-order valence-corrected chi connectivity index (χ4v) is 1.39. The summed E-state index contributed by atoms with van der Waals surface area (Å²) in [6.07, 6.45) is 4.07. The standard InChI is InChI=1S/C10H17NO3/c1-7(10(13)14)6-11-9(12)5-8-3-2-4-8/h7-8H,2-6H2,1H3,(H,11,12)(H,13,14). The third-order valence-corrected chi connectivity index (χ3v) is 2.73. The summed E-state index contributed by atoms with van der Waals surface area (Å²) in [7, 11) is 0. The predicted octanol–water partition coefficient (Wildman–Crippen LogP) is 1.01. The summed E-state index contributed by atoms with van der Waals surface area (Å²) < 4.78 is 0. The molecule has 80 valence electrons. The van der Waals surface area contributed by atoms with Crippen LogP contribution in [0.1, 0.15) is 32.6 Å². The number of carboxylic acids is 1. The number of amides is 1. The topological polar surface area (TPSA) is 66.4 Å². The molecule has 14 heavy (non-hydrogen) atoms. The predicted molar refractivity (Wildman–Crippen MR) is 51.8 cm³/mol. The maximum atomic E-state index is 11.3. The molecule has 2 N–H and O–H groups in total. The normalized spacial score (nSPS) is 18.4. The molecule has 0 saturated heterocycles. The van der Waals surface area contributed by atoms with Crippen molar-refractivity contribution in [1.82, 2.24) is 5.32 Å². The van der Waals surface area contributed by atoms with E-state index in [9.17, 15) is 9.59 Å². The van der Waals surface area contributed by atoms with E-state index in [1.54, 1.807) is 6.92 Å². The number of hydrogen-bond donors (Lipinski definition) is 2. The van der Waals surface area contributed by atoms with Gasteiger partial charge in [0.1, 0.15) is 0 Å². The molecule has 0 aromatic rings. The number of nitrogens with one attached hydrogen (secondary N) is 1. The van der Waals surface area contributed by atoms with Gasteiger partial charge in [-0.05, 0) is 18.8 Å². The van der Waals surface area contributed by atoms with Gasteiger partial charge in [-0.3, -0.25) is 9.59 Å². The van der Waals surface area contributed by atoms with Gasteiger partial charge in [0.15, 0.2) is 0 Å². The summed E-state index contributed by atoms with van der Waals surface area (Å²) in [5, 5.41) is 11.2. The van der Waals surface area contributed by atoms with Crippen LogP contribution in [0.15, 0.2) is 0 Å². The Labute approximate surface area is 83.7 Å². The minimum Gasteiger partial charge on any atom is -0.481 e. The molecule has 0 aliphatic heterocycles. The zero-order valence-electron chi connectivity index (χ0n) is 8.45. The van der Waals surface area contributed by atoms with E-state index in [-0.39, 0.29) is 12.5 Å². The van der Waals surface area contributed by atoms with E-state index in [0.717, 1.165) is 12.8 Å². The zero-order valence-corrected chi connectivity index (χ0v) is 8.45. The van der Waals surface area contributed by atoms with Crippen molar-refractivity contribution in [1.29, 1.82) is 0 Å². The summed E-state index contributed by atoms with van der Waals surface area (Å²) in [5.74, 6) is -0.841. The highest BCUT2D eigenvalue weighted by molar-refractivity contribution is 5.77. The maximum Gasteiger partial charge on any atom is 0.308 e. The quantitative estimate of drug-likeness (QED) is 0.694. The zero-order chi connectivity index (χ0) is 10.6. The fourth-order valence-electron chi connectivity index (χ4n) is 1.39.